The van der Waals surface area contributed by atoms with E-state index >= 15 is 0 Å². The summed E-state index contributed by atoms with van der Waals surface area (Å²) >= 11 is 0. The lowest BCUT2D eigenvalue weighted by Crippen LogP contribution is -2.47. The number of aromatic nitrogens is 2. The van der Waals surface area contributed by atoms with Crippen LogP contribution < -0.4 is 9.46 Å². The Hall–Kier alpha value is -2.11. The number of sulfonamides is 1. The van der Waals surface area contributed by atoms with Gasteiger partial charge in [-0.05, 0) is 43.7 Å². The number of hydrogen-bond donors (Lipinski definition) is 1. The molecule has 1 aliphatic heterocycles. The quantitative estimate of drug-likeness (QED) is 0.726. The maximum absolute atomic E-state index is 12.7. The van der Waals surface area contributed by atoms with Crippen LogP contribution in [0.4, 0.5) is 13.2 Å². The van der Waals surface area contributed by atoms with E-state index in [1.165, 1.54) is 6.20 Å². The fraction of sp³-hybridized carbons (Fsp3) is 0.500. The zero-order valence-electron chi connectivity index (χ0n) is 15.7. The van der Waals surface area contributed by atoms with Crippen LogP contribution in [0, 0.1) is 5.92 Å². The van der Waals surface area contributed by atoms with Crippen molar-refractivity contribution in [3.63, 3.8) is 0 Å². The second kappa shape index (κ2) is 8.72. The highest BCUT2D eigenvalue weighted by molar-refractivity contribution is 7.89. The minimum Gasteiger partial charge on any atom is -0.493 e. The van der Waals surface area contributed by atoms with Gasteiger partial charge in [-0.1, -0.05) is 0 Å². The van der Waals surface area contributed by atoms with Gasteiger partial charge in [-0.25, -0.2) is 17.8 Å². The predicted molar refractivity (Wildman–Crippen MR) is 99.4 cm³/mol. The van der Waals surface area contributed by atoms with Crippen LogP contribution in [0.1, 0.15) is 19.0 Å². The number of halogens is 3. The molecular formula is C18H22F3N3O4S. The number of nitrogens with zero attached hydrogens (tertiary/aromatic N) is 2. The largest absolute Gasteiger partial charge is 0.493 e. The Morgan fingerprint density at radius 1 is 1.28 bits per heavy atom. The van der Waals surface area contributed by atoms with E-state index in [0.29, 0.717) is 31.1 Å². The minimum atomic E-state index is -4.49. The third-order valence-corrected chi connectivity index (χ3v) is 6.05. The summed E-state index contributed by atoms with van der Waals surface area (Å²) in [6.45, 7) is 2.68. The summed E-state index contributed by atoms with van der Waals surface area (Å²) < 4.78 is 76.7. The first kappa shape index (κ1) is 21.6. The van der Waals surface area contributed by atoms with Gasteiger partial charge in [0.05, 0.1) is 24.7 Å². The minimum absolute atomic E-state index is 0.00285. The lowest BCUT2D eigenvalue weighted by atomic mass is 9.98. The second-order valence-electron chi connectivity index (χ2n) is 6.70. The van der Waals surface area contributed by atoms with E-state index in [1.54, 1.807) is 31.2 Å². The molecule has 1 N–H and O–H groups in total. The number of rotatable bonds is 7. The van der Waals surface area contributed by atoms with Crippen molar-refractivity contribution in [1.82, 2.24) is 14.5 Å². The summed E-state index contributed by atoms with van der Waals surface area (Å²) in [5.41, 5.74) is -0.502. The molecule has 2 atom stereocenters. The van der Waals surface area contributed by atoms with E-state index in [4.69, 9.17) is 9.47 Å². The van der Waals surface area contributed by atoms with E-state index in [0.717, 1.165) is 10.7 Å². The molecule has 2 aromatic rings. The summed E-state index contributed by atoms with van der Waals surface area (Å²) in [6, 6.07) is 7.08. The SMILES string of the molecule is CCS(=O)(=O)N[C@H]1CCOC[C@@H]1COc1ccc(-n2ccc(C(F)(F)F)n2)cc1. The van der Waals surface area contributed by atoms with Crippen LogP contribution in [-0.2, 0) is 20.9 Å². The van der Waals surface area contributed by atoms with Crippen LogP contribution in [0.5, 0.6) is 5.75 Å². The first-order valence-electron chi connectivity index (χ1n) is 9.12. The Labute approximate surface area is 166 Å². The van der Waals surface area contributed by atoms with Crippen LogP contribution in [0.25, 0.3) is 5.69 Å². The number of ether oxygens (including phenoxy) is 2. The van der Waals surface area contributed by atoms with Gasteiger partial charge in [0, 0.05) is 24.8 Å². The molecule has 0 saturated carbocycles. The van der Waals surface area contributed by atoms with Gasteiger partial charge < -0.3 is 9.47 Å². The van der Waals surface area contributed by atoms with Crippen molar-refractivity contribution in [2.24, 2.45) is 5.92 Å². The smallest absolute Gasteiger partial charge is 0.435 e. The van der Waals surface area contributed by atoms with Crippen molar-refractivity contribution in [3.05, 3.63) is 42.2 Å². The molecule has 0 aliphatic carbocycles. The average molecular weight is 433 g/mol. The molecular weight excluding hydrogens is 411 g/mol. The van der Waals surface area contributed by atoms with E-state index in [-0.39, 0.29) is 24.3 Å². The van der Waals surface area contributed by atoms with E-state index in [1.807, 2.05) is 0 Å². The fourth-order valence-corrected chi connectivity index (χ4v) is 3.89. The van der Waals surface area contributed by atoms with Gasteiger partial charge in [0.15, 0.2) is 5.69 Å². The van der Waals surface area contributed by atoms with Gasteiger partial charge in [-0.3, -0.25) is 0 Å². The third-order valence-electron chi connectivity index (χ3n) is 4.63. The van der Waals surface area contributed by atoms with Gasteiger partial charge in [0.2, 0.25) is 10.0 Å². The third kappa shape index (κ3) is 5.71. The van der Waals surface area contributed by atoms with Crippen LogP contribution in [0.15, 0.2) is 36.5 Å². The van der Waals surface area contributed by atoms with E-state index < -0.39 is 21.9 Å². The molecule has 0 spiro atoms. The molecule has 0 unspecified atom stereocenters. The summed E-state index contributed by atoms with van der Waals surface area (Å²) in [7, 11) is -3.33. The molecule has 0 radical (unpaired) electrons. The standard InChI is InChI=1S/C18H22F3N3O4S/c1-2-29(25,26)23-16-8-10-27-11-13(16)12-28-15-5-3-14(4-6-15)24-9-7-17(22-24)18(19,20)21/h3-7,9,13,16,23H,2,8,10-12H2,1H3/t13-,16+/m1/s1. The maximum Gasteiger partial charge on any atom is 0.435 e. The topological polar surface area (TPSA) is 82.5 Å². The lowest BCUT2D eigenvalue weighted by Gasteiger charge is -2.31. The Morgan fingerprint density at radius 2 is 2.00 bits per heavy atom. The van der Waals surface area contributed by atoms with E-state index in [2.05, 4.69) is 9.82 Å². The maximum atomic E-state index is 12.7. The predicted octanol–water partition coefficient (Wildman–Crippen LogP) is 2.61. The Bertz CT molecular complexity index is 913. The fourth-order valence-electron chi connectivity index (χ4n) is 2.95. The van der Waals surface area contributed by atoms with Gasteiger partial charge >= 0.3 is 6.18 Å². The Morgan fingerprint density at radius 3 is 2.62 bits per heavy atom. The average Bonchev–Trinajstić information content (AvgIpc) is 3.18. The molecule has 1 saturated heterocycles. The molecule has 3 rings (SSSR count). The number of nitrogens with one attached hydrogen (secondary N) is 1. The highest BCUT2D eigenvalue weighted by atomic mass is 32.2. The number of hydrogen-bond acceptors (Lipinski definition) is 5. The molecule has 0 bridgehead atoms. The molecule has 0 amide bonds. The zero-order chi connectivity index (χ0) is 21.1. The van der Waals surface area contributed by atoms with Gasteiger partial charge in [-0.2, -0.15) is 18.3 Å². The number of alkyl halides is 3. The highest BCUT2D eigenvalue weighted by Crippen LogP contribution is 2.28. The van der Waals surface area contributed by atoms with Crippen molar-refractivity contribution >= 4 is 10.0 Å². The molecule has 1 aromatic heterocycles. The number of benzene rings is 1. The Balaban J connectivity index is 1.61. The lowest BCUT2D eigenvalue weighted by molar-refractivity contribution is -0.141. The van der Waals surface area contributed by atoms with E-state index in [9.17, 15) is 21.6 Å². The zero-order valence-corrected chi connectivity index (χ0v) is 16.5. The monoisotopic (exact) mass is 433 g/mol. The molecule has 1 fully saturated rings. The van der Waals surface area contributed by atoms with Crippen molar-refractivity contribution in [3.8, 4) is 11.4 Å². The van der Waals surface area contributed by atoms with Gasteiger partial charge in [0.1, 0.15) is 5.75 Å². The summed E-state index contributed by atoms with van der Waals surface area (Å²) in [6.07, 6.45) is -2.69. The van der Waals surface area contributed by atoms with Crippen molar-refractivity contribution in [1.29, 1.82) is 0 Å². The van der Waals surface area contributed by atoms with Gasteiger partial charge in [-0.15, -0.1) is 0 Å². The van der Waals surface area contributed by atoms with Crippen molar-refractivity contribution in [2.45, 2.75) is 25.6 Å². The van der Waals surface area contributed by atoms with Crippen molar-refractivity contribution < 1.29 is 31.1 Å². The summed E-state index contributed by atoms with van der Waals surface area (Å²) in [4.78, 5) is 0. The van der Waals surface area contributed by atoms with Crippen LogP contribution in [-0.4, -0.2) is 49.8 Å². The normalized spacial score (nSPS) is 20.6. The first-order valence-corrected chi connectivity index (χ1v) is 10.8. The molecule has 1 aliphatic rings. The highest BCUT2D eigenvalue weighted by Gasteiger charge is 2.33. The molecule has 160 valence electrons. The van der Waals surface area contributed by atoms with Gasteiger partial charge in [0.25, 0.3) is 0 Å². The molecule has 1 aromatic carbocycles. The Kier molecular flexibility index (Phi) is 6.49. The van der Waals surface area contributed by atoms with Crippen LogP contribution in [0.2, 0.25) is 0 Å². The van der Waals surface area contributed by atoms with Crippen LogP contribution in [0.3, 0.4) is 0 Å². The molecule has 7 nitrogen and oxygen atoms in total. The summed E-state index contributed by atoms with van der Waals surface area (Å²) in [5, 5.41) is 3.52. The van der Waals surface area contributed by atoms with Crippen molar-refractivity contribution in [2.75, 3.05) is 25.6 Å². The second-order valence-corrected chi connectivity index (χ2v) is 8.74. The molecule has 11 heteroatoms. The summed E-state index contributed by atoms with van der Waals surface area (Å²) in [5.74, 6) is 0.368. The molecule has 29 heavy (non-hydrogen) atoms. The van der Waals surface area contributed by atoms with Crippen LogP contribution >= 0.6 is 0 Å². The molecule has 2 heterocycles. The first-order chi connectivity index (χ1) is 13.7.